The van der Waals surface area contributed by atoms with Gasteiger partial charge in [0.1, 0.15) is 5.75 Å². The third-order valence-corrected chi connectivity index (χ3v) is 3.48. The van der Waals surface area contributed by atoms with Crippen LogP contribution in [0.5, 0.6) is 5.75 Å². The smallest absolute Gasteiger partial charge is 0.165 e. The van der Waals surface area contributed by atoms with E-state index in [2.05, 4.69) is 9.97 Å². The van der Waals surface area contributed by atoms with Crippen LogP contribution in [0, 0.1) is 0 Å². The quantitative estimate of drug-likeness (QED) is 0.665. The Labute approximate surface area is 110 Å². The topological polar surface area (TPSA) is 55.0 Å². The molecule has 0 fully saturated rings. The number of aromatic nitrogens is 2. The van der Waals surface area contributed by atoms with Gasteiger partial charge in [-0.3, -0.25) is 4.79 Å². The third kappa shape index (κ3) is 2.92. The van der Waals surface area contributed by atoms with Crippen LogP contribution in [-0.4, -0.2) is 22.9 Å². The van der Waals surface area contributed by atoms with Crippen molar-refractivity contribution in [3.05, 3.63) is 41.7 Å². The summed E-state index contributed by atoms with van der Waals surface area (Å²) < 4.78 is 5.29. The number of Topliss-reactive ketones (excluding diaryl/α,β-unsaturated/α-hetero) is 1. The molecule has 0 spiro atoms. The molecule has 0 unspecified atom stereocenters. The number of aromatic amines is 1. The Morgan fingerprint density at radius 1 is 1.50 bits per heavy atom. The van der Waals surface area contributed by atoms with Gasteiger partial charge in [0.25, 0.3) is 0 Å². The van der Waals surface area contributed by atoms with E-state index in [1.807, 2.05) is 12.1 Å². The first-order valence-corrected chi connectivity index (χ1v) is 6.49. The Hall–Kier alpha value is -1.75. The van der Waals surface area contributed by atoms with Gasteiger partial charge >= 0.3 is 0 Å². The van der Waals surface area contributed by atoms with E-state index in [0.29, 0.717) is 11.3 Å². The first-order valence-electron chi connectivity index (χ1n) is 5.50. The first kappa shape index (κ1) is 12.7. The number of rotatable bonds is 5. The van der Waals surface area contributed by atoms with Crippen molar-refractivity contribution in [2.75, 3.05) is 7.11 Å². The van der Waals surface area contributed by atoms with Crippen molar-refractivity contribution in [1.29, 1.82) is 0 Å². The molecule has 0 bridgehead atoms. The normalized spacial score (nSPS) is 10.3. The van der Waals surface area contributed by atoms with Crippen LogP contribution in [0.15, 0.2) is 35.7 Å². The summed E-state index contributed by atoms with van der Waals surface area (Å²) in [5.41, 5.74) is 1.69. The Morgan fingerprint density at radius 2 is 2.33 bits per heavy atom. The van der Waals surface area contributed by atoms with Gasteiger partial charge in [-0.25, -0.2) is 4.98 Å². The molecule has 0 saturated heterocycles. The van der Waals surface area contributed by atoms with E-state index < -0.39 is 0 Å². The summed E-state index contributed by atoms with van der Waals surface area (Å²) in [5.74, 6) is 1.55. The highest BCUT2D eigenvalue weighted by Gasteiger charge is 2.08. The fourth-order valence-electron chi connectivity index (χ4n) is 1.59. The second-order valence-corrected chi connectivity index (χ2v) is 4.73. The number of nitrogens with one attached hydrogen (secondary N) is 1. The molecule has 94 valence electrons. The molecule has 2 aromatic rings. The minimum absolute atomic E-state index is 0.0573. The Morgan fingerprint density at radius 3 is 2.94 bits per heavy atom. The van der Waals surface area contributed by atoms with Crippen LogP contribution in [-0.2, 0) is 5.75 Å². The molecule has 2 rings (SSSR count). The monoisotopic (exact) mass is 262 g/mol. The molecule has 0 saturated carbocycles. The number of carbonyl (C=O) groups is 1. The number of H-pyrrole nitrogens is 1. The average Bonchev–Trinajstić information content (AvgIpc) is 2.89. The lowest BCUT2D eigenvalue weighted by Crippen LogP contribution is -1.97. The van der Waals surface area contributed by atoms with Crippen molar-refractivity contribution < 1.29 is 9.53 Å². The van der Waals surface area contributed by atoms with Gasteiger partial charge in [-0.15, -0.1) is 0 Å². The summed E-state index contributed by atoms with van der Waals surface area (Å²) in [6.45, 7) is 1.56. The van der Waals surface area contributed by atoms with Gasteiger partial charge in [-0.2, -0.15) is 0 Å². The molecular formula is C13H14N2O2S. The molecule has 0 aliphatic rings. The number of imidazole rings is 1. The molecule has 0 atom stereocenters. The molecule has 0 radical (unpaired) electrons. The zero-order chi connectivity index (χ0) is 13.0. The highest BCUT2D eigenvalue weighted by molar-refractivity contribution is 7.98. The largest absolute Gasteiger partial charge is 0.496 e. The van der Waals surface area contributed by atoms with Crippen LogP contribution in [0.25, 0.3) is 0 Å². The molecular weight excluding hydrogens is 248 g/mol. The maximum Gasteiger partial charge on any atom is 0.165 e. The number of hydrogen-bond donors (Lipinski definition) is 1. The highest BCUT2D eigenvalue weighted by Crippen LogP contribution is 2.27. The predicted octanol–water partition coefficient (Wildman–Crippen LogP) is 2.91. The molecule has 1 N–H and O–H groups in total. The number of thioether (sulfide) groups is 1. The number of nitrogens with zero attached hydrogens (tertiary/aromatic N) is 1. The fraction of sp³-hybridized carbons (Fsp3) is 0.231. The van der Waals surface area contributed by atoms with E-state index in [1.165, 1.54) is 0 Å². The Bertz CT molecular complexity index is 538. The van der Waals surface area contributed by atoms with E-state index in [4.69, 9.17) is 4.74 Å². The average molecular weight is 262 g/mol. The SMILES string of the molecule is COc1ccc(C(C)=O)cc1CSc1ncc[nH]1. The number of methoxy groups -OCH3 is 1. The lowest BCUT2D eigenvalue weighted by molar-refractivity contribution is 0.101. The van der Waals surface area contributed by atoms with Crippen LogP contribution in [0.1, 0.15) is 22.8 Å². The number of ether oxygens (including phenoxy) is 1. The highest BCUT2D eigenvalue weighted by atomic mass is 32.2. The van der Waals surface area contributed by atoms with Gasteiger partial charge in [0.2, 0.25) is 0 Å². The molecule has 0 amide bonds. The van der Waals surface area contributed by atoms with Crippen LogP contribution in [0.2, 0.25) is 0 Å². The lowest BCUT2D eigenvalue weighted by atomic mass is 10.1. The third-order valence-electron chi connectivity index (χ3n) is 2.52. The van der Waals surface area contributed by atoms with Crippen molar-refractivity contribution in [1.82, 2.24) is 9.97 Å². The van der Waals surface area contributed by atoms with Crippen molar-refractivity contribution in [3.63, 3.8) is 0 Å². The van der Waals surface area contributed by atoms with Gasteiger partial charge in [-0.1, -0.05) is 11.8 Å². The molecule has 4 nitrogen and oxygen atoms in total. The summed E-state index contributed by atoms with van der Waals surface area (Å²) in [6.07, 6.45) is 3.50. The van der Waals surface area contributed by atoms with E-state index in [-0.39, 0.29) is 5.78 Å². The van der Waals surface area contributed by atoms with Crippen LogP contribution < -0.4 is 4.74 Å². The second-order valence-electron chi connectivity index (χ2n) is 3.77. The number of carbonyl (C=O) groups excluding carboxylic acids is 1. The molecule has 1 heterocycles. The first-order chi connectivity index (χ1) is 8.70. The van der Waals surface area contributed by atoms with E-state index in [9.17, 15) is 4.79 Å². The van der Waals surface area contributed by atoms with Crippen molar-refractivity contribution in [2.45, 2.75) is 17.8 Å². The number of benzene rings is 1. The van der Waals surface area contributed by atoms with Crippen molar-refractivity contribution in [2.24, 2.45) is 0 Å². The van der Waals surface area contributed by atoms with Gasteiger partial charge in [0.15, 0.2) is 10.9 Å². The number of ketones is 1. The summed E-state index contributed by atoms with van der Waals surface area (Å²) in [5, 5.41) is 0.852. The maximum absolute atomic E-state index is 11.4. The summed E-state index contributed by atoms with van der Waals surface area (Å²) in [7, 11) is 1.63. The summed E-state index contributed by atoms with van der Waals surface area (Å²) in [6, 6.07) is 5.48. The molecule has 5 heteroatoms. The zero-order valence-electron chi connectivity index (χ0n) is 10.3. The summed E-state index contributed by atoms with van der Waals surface area (Å²) >= 11 is 1.57. The second kappa shape index (κ2) is 5.73. The molecule has 0 aliphatic carbocycles. The minimum Gasteiger partial charge on any atom is -0.496 e. The van der Waals surface area contributed by atoms with E-state index in [1.54, 1.807) is 44.3 Å². The standard InChI is InChI=1S/C13H14N2O2S/c1-9(16)10-3-4-12(17-2)11(7-10)8-18-13-14-5-6-15-13/h3-7H,8H2,1-2H3,(H,14,15). The number of hydrogen-bond acceptors (Lipinski definition) is 4. The van der Waals surface area contributed by atoms with Crippen molar-refractivity contribution in [3.8, 4) is 5.75 Å². The molecule has 18 heavy (non-hydrogen) atoms. The maximum atomic E-state index is 11.4. The lowest BCUT2D eigenvalue weighted by Gasteiger charge is -2.08. The minimum atomic E-state index is 0.0573. The summed E-state index contributed by atoms with van der Waals surface area (Å²) in [4.78, 5) is 18.5. The van der Waals surface area contributed by atoms with Gasteiger partial charge < -0.3 is 9.72 Å². The van der Waals surface area contributed by atoms with Crippen LogP contribution in [0.3, 0.4) is 0 Å². The predicted molar refractivity (Wildman–Crippen MR) is 71.1 cm³/mol. The van der Waals surface area contributed by atoms with Crippen LogP contribution >= 0.6 is 11.8 Å². The van der Waals surface area contributed by atoms with Gasteiger partial charge in [0, 0.05) is 29.3 Å². The van der Waals surface area contributed by atoms with Crippen molar-refractivity contribution >= 4 is 17.5 Å². The molecule has 0 aliphatic heterocycles. The van der Waals surface area contributed by atoms with Crippen LogP contribution in [0.4, 0.5) is 0 Å². The van der Waals surface area contributed by atoms with Gasteiger partial charge in [-0.05, 0) is 25.1 Å². The van der Waals surface area contributed by atoms with Gasteiger partial charge in [0.05, 0.1) is 7.11 Å². The molecule has 1 aromatic carbocycles. The van der Waals surface area contributed by atoms with E-state index >= 15 is 0 Å². The fourth-order valence-corrected chi connectivity index (χ4v) is 2.39. The van der Waals surface area contributed by atoms with E-state index in [0.717, 1.165) is 16.5 Å². The Kier molecular flexibility index (Phi) is 4.04. The Balaban J connectivity index is 2.18. The molecule has 1 aromatic heterocycles. The zero-order valence-corrected chi connectivity index (χ0v) is 11.1.